The lowest BCUT2D eigenvalue weighted by molar-refractivity contribution is -0.114. The van der Waals surface area contributed by atoms with E-state index >= 15 is 0 Å². The Morgan fingerprint density at radius 2 is 1.06 bits per heavy atom. The number of nitrogens with zero attached hydrogens (tertiary/aromatic N) is 8. The summed E-state index contributed by atoms with van der Waals surface area (Å²) in [6.07, 6.45) is 8.91. The second kappa shape index (κ2) is 19.3. The Hall–Kier alpha value is -5.34. The van der Waals surface area contributed by atoms with E-state index in [0.717, 1.165) is 70.4 Å². The first kappa shape index (κ1) is 37.9. The maximum atomic E-state index is 12.2. The third kappa shape index (κ3) is 10.4. The summed E-state index contributed by atoms with van der Waals surface area (Å²) in [7, 11) is 0. The predicted molar refractivity (Wildman–Crippen MR) is 208 cm³/mol. The van der Waals surface area contributed by atoms with Gasteiger partial charge in [0, 0.05) is 60.4 Å². The molecule has 0 spiro atoms. The highest BCUT2D eigenvalue weighted by molar-refractivity contribution is 8.00. The molecule has 6 rings (SSSR count). The van der Waals surface area contributed by atoms with E-state index in [2.05, 4.69) is 54.8 Å². The minimum atomic E-state index is -0.0622. The molecule has 6 aromatic rings. The van der Waals surface area contributed by atoms with Crippen LogP contribution in [0.15, 0.2) is 108 Å². The Bertz CT molecular complexity index is 1870. The van der Waals surface area contributed by atoms with Crippen LogP contribution in [0.3, 0.4) is 0 Å². The Kier molecular flexibility index (Phi) is 14.1. The van der Waals surface area contributed by atoms with Gasteiger partial charge in [0.25, 0.3) is 0 Å². The van der Waals surface area contributed by atoms with E-state index in [4.69, 9.17) is 0 Å². The van der Waals surface area contributed by atoms with E-state index in [1.54, 1.807) is 24.8 Å². The Morgan fingerprint density at radius 1 is 0.577 bits per heavy atom. The molecule has 14 heteroatoms. The van der Waals surface area contributed by atoms with Crippen LogP contribution < -0.4 is 10.6 Å². The highest BCUT2D eigenvalue weighted by atomic mass is 32.2. The normalized spacial score (nSPS) is 10.7. The van der Waals surface area contributed by atoms with Crippen LogP contribution in [0.4, 0.5) is 11.4 Å². The number of anilines is 2. The zero-order chi connectivity index (χ0) is 36.7. The molecule has 268 valence electrons. The van der Waals surface area contributed by atoms with Crippen molar-refractivity contribution in [3.8, 4) is 22.8 Å². The number of hydrogen-bond donors (Lipinski definition) is 2. The van der Waals surface area contributed by atoms with Crippen LogP contribution in [-0.4, -0.2) is 62.8 Å². The van der Waals surface area contributed by atoms with Crippen LogP contribution in [0.25, 0.3) is 22.8 Å². The summed E-state index contributed by atoms with van der Waals surface area (Å²) in [5.74, 6) is 1.99. The second-order valence-corrected chi connectivity index (χ2v) is 13.2. The summed E-state index contributed by atoms with van der Waals surface area (Å²) in [6.45, 7) is 9.73. The van der Waals surface area contributed by atoms with Gasteiger partial charge in [0.2, 0.25) is 11.8 Å². The first-order valence-electron chi connectivity index (χ1n) is 17.1. The van der Waals surface area contributed by atoms with E-state index in [0.29, 0.717) is 0 Å². The number of carbonyl (C=O) groups excluding carboxylic acids is 2. The summed E-state index contributed by atoms with van der Waals surface area (Å²) in [4.78, 5) is 32.6. The zero-order valence-corrected chi connectivity index (χ0v) is 31.3. The lowest BCUT2D eigenvalue weighted by Gasteiger charge is -2.08. The number of pyridine rings is 2. The highest BCUT2D eigenvalue weighted by Crippen LogP contribution is 2.25. The number of carbonyl (C=O) groups is 2. The highest BCUT2D eigenvalue weighted by Gasteiger charge is 2.16. The summed E-state index contributed by atoms with van der Waals surface area (Å²) < 4.78 is 3.99. The van der Waals surface area contributed by atoms with Gasteiger partial charge in [-0.2, -0.15) is 0 Å². The van der Waals surface area contributed by atoms with Gasteiger partial charge in [0.15, 0.2) is 22.0 Å². The van der Waals surface area contributed by atoms with Gasteiger partial charge in [-0.3, -0.25) is 19.6 Å². The molecule has 0 bridgehead atoms. The third-order valence-electron chi connectivity index (χ3n) is 7.88. The Balaban J connectivity index is 0.000000201. The molecule has 0 aliphatic carbocycles. The van der Waals surface area contributed by atoms with Gasteiger partial charge in [0.05, 0.1) is 11.5 Å². The number of nitrogens with one attached hydrogen (secondary N) is 2. The molecule has 0 fully saturated rings. The van der Waals surface area contributed by atoms with Crippen molar-refractivity contribution in [2.24, 2.45) is 0 Å². The first-order chi connectivity index (χ1) is 25.4. The summed E-state index contributed by atoms with van der Waals surface area (Å²) in [5.41, 5.74) is 5.98. The van der Waals surface area contributed by atoms with E-state index in [9.17, 15) is 9.59 Å². The minimum Gasteiger partial charge on any atom is -0.325 e. The van der Waals surface area contributed by atoms with Gasteiger partial charge in [-0.05, 0) is 86.3 Å². The van der Waals surface area contributed by atoms with Gasteiger partial charge < -0.3 is 19.8 Å². The maximum Gasteiger partial charge on any atom is 0.234 e. The van der Waals surface area contributed by atoms with Gasteiger partial charge in [-0.1, -0.05) is 61.6 Å². The fourth-order valence-corrected chi connectivity index (χ4v) is 6.69. The molecule has 12 nitrogen and oxygen atoms in total. The molecule has 0 unspecified atom stereocenters. The quantitative estimate of drug-likeness (QED) is 0.109. The number of benzene rings is 2. The van der Waals surface area contributed by atoms with Crippen molar-refractivity contribution in [3.05, 3.63) is 109 Å². The van der Waals surface area contributed by atoms with Crippen LogP contribution in [0.5, 0.6) is 0 Å². The molecular weight excluding hydrogens is 693 g/mol. The SMILES string of the molecule is CCc1ccc(NC(=O)CSc2nnc(-c3cccnc3)n2CC)cc1.CCc1ccc(NC(=O)CSc2nnc(-c3ccncc3)n2CC)cc1. The van der Waals surface area contributed by atoms with Crippen LogP contribution in [-0.2, 0) is 35.5 Å². The number of rotatable bonds is 14. The average molecular weight is 735 g/mol. The van der Waals surface area contributed by atoms with Crippen molar-refractivity contribution in [2.45, 2.75) is 63.9 Å². The molecule has 0 aliphatic heterocycles. The zero-order valence-electron chi connectivity index (χ0n) is 29.7. The smallest absolute Gasteiger partial charge is 0.234 e. The van der Waals surface area contributed by atoms with Crippen LogP contribution >= 0.6 is 23.5 Å². The van der Waals surface area contributed by atoms with Crippen LogP contribution in [0.2, 0.25) is 0 Å². The van der Waals surface area contributed by atoms with Crippen molar-refractivity contribution < 1.29 is 9.59 Å². The van der Waals surface area contributed by atoms with E-state index in [-0.39, 0.29) is 23.3 Å². The van der Waals surface area contributed by atoms with Crippen LogP contribution in [0.1, 0.15) is 38.8 Å². The molecule has 0 radical (unpaired) electrons. The van der Waals surface area contributed by atoms with Crippen molar-refractivity contribution in [1.82, 2.24) is 39.5 Å². The molecule has 4 heterocycles. The molecule has 2 N–H and O–H groups in total. The topological polar surface area (TPSA) is 145 Å². The monoisotopic (exact) mass is 734 g/mol. The molecule has 0 saturated carbocycles. The lowest BCUT2D eigenvalue weighted by Crippen LogP contribution is -2.14. The molecule has 0 saturated heterocycles. The standard InChI is InChI=1S/2C19H21N5OS/c1-3-14-5-7-16(8-6-14)21-17(25)13-26-19-23-22-18(24(19)4-2)15-9-11-20-12-10-15;1-3-14-7-9-16(10-8-14)21-17(25)13-26-19-23-22-18(24(19)4-2)15-6-5-11-20-12-15/h2*5-12H,3-4,13H2,1-2H3,(H,21,25). The summed E-state index contributed by atoms with van der Waals surface area (Å²) in [6, 6.07) is 23.4. The van der Waals surface area contributed by atoms with Crippen LogP contribution in [0, 0.1) is 0 Å². The third-order valence-corrected chi connectivity index (χ3v) is 9.81. The molecule has 4 aromatic heterocycles. The number of aryl methyl sites for hydroxylation is 2. The van der Waals surface area contributed by atoms with Crippen molar-refractivity contribution in [1.29, 1.82) is 0 Å². The molecule has 2 amide bonds. The van der Waals surface area contributed by atoms with E-state index < -0.39 is 0 Å². The van der Waals surface area contributed by atoms with E-state index in [1.165, 1.54) is 34.7 Å². The summed E-state index contributed by atoms with van der Waals surface area (Å²) >= 11 is 2.76. The van der Waals surface area contributed by atoms with E-state index in [1.807, 2.05) is 95.8 Å². The second-order valence-electron chi connectivity index (χ2n) is 11.4. The van der Waals surface area contributed by atoms with Crippen molar-refractivity contribution in [3.63, 3.8) is 0 Å². The fraction of sp³-hybridized carbons (Fsp3) is 0.263. The Morgan fingerprint density at radius 3 is 1.48 bits per heavy atom. The first-order valence-corrected chi connectivity index (χ1v) is 19.1. The number of aromatic nitrogens is 8. The fourth-order valence-electron chi connectivity index (χ4n) is 5.09. The van der Waals surface area contributed by atoms with Gasteiger partial charge in [0.1, 0.15) is 0 Å². The number of amides is 2. The van der Waals surface area contributed by atoms with Gasteiger partial charge in [-0.15, -0.1) is 20.4 Å². The molecule has 0 atom stereocenters. The molecule has 0 aliphatic rings. The van der Waals surface area contributed by atoms with Crippen molar-refractivity contribution in [2.75, 3.05) is 22.1 Å². The largest absolute Gasteiger partial charge is 0.325 e. The predicted octanol–water partition coefficient (Wildman–Crippen LogP) is 7.31. The van der Waals surface area contributed by atoms with Gasteiger partial charge in [-0.25, -0.2) is 0 Å². The lowest BCUT2D eigenvalue weighted by atomic mass is 10.1. The molecular formula is C38H42N10O2S2. The summed E-state index contributed by atoms with van der Waals surface area (Å²) in [5, 5.41) is 24.3. The Labute approximate surface area is 312 Å². The number of hydrogen-bond acceptors (Lipinski definition) is 10. The number of thioether (sulfide) groups is 2. The van der Waals surface area contributed by atoms with Gasteiger partial charge >= 0.3 is 0 Å². The van der Waals surface area contributed by atoms with Crippen molar-refractivity contribution >= 4 is 46.7 Å². The maximum absolute atomic E-state index is 12.2. The average Bonchev–Trinajstić information content (AvgIpc) is 3.81. The minimum absolute atomic E-state index is 0.0598. The molecule has 2 aromatic carbocycles. The molecule has 52 heavy (non-hydrogen) atoms.